The van der Waals surface area contributed by atoms with Crippen molar-refractivity contribution in [1.29, 1.82) is 0 Å². The van der Waals surface area contributed by atoms with Gasteiger partial charge in [0.1, 0.15) is 0 Å². The number of nitrogens with zero attached hydrogens (tertiary/aromatic N) is 1. The van der Waals surface area contributed by atoms with E-state index >= 15 is 0 Å². The minimum absolute atomic E-state index is 0.169. The Morgan fingerprint density at radius 1 is 1.15 bits per heavy atom. The molecule has 3 amide bonds. The van der Waals surface area contributed by atoms with E-state index in [2.05, 4.69) is 34.6 Å². The zero-order valence-electron chi connectivity index (χ0n) is 16.2. The smallest absolute Gasteiger partial charge is 0.321 e. The van der Waals surface area contributed by atoms with Crippen LogP contribution in [-0.4, -0.2) is 49.1 Å². The van der Waals surface area contributed by atoms with Crippen molar-refractivity contribution in [3.8, 4) is 0 Å². The fraction of sp³-hybridized carbons (Fsp3) is 0.619. The Hall–Kier alpha value is -1.92. The standard InChI is InChI=1S/C21H32N4O2/c1-15-7-5-6-10-19(15)23-21(27)24-20(26)14-25-12-17(11-22)18(13-25)16-8-3-2-4-9-16/h2-4,8-9,15,17-19H,5-7,10-14,22H2,1H3,(H2,23,24,26,27)/t15?,17-,18+,19?/m1/s1. The van der Waals surface area contributed by atoms with E-state index in [4.69, 9.17) is 5.73 Å². The highest BCUT2D eigenvalue weighted by atomic mass is 16.2. The lowest BCUT2D eigenvalue weighted by molar-refractivity contribution is -0.121. The van der Waals surface area contributed by atoms with Gasteiger partial charge in [-0.05, 0) is 36.8 Å². The molecule has 4 N–H and O–H groups in total. The van der Waals surface area contributed by atoms with E-state index in [1.54, 1.807) is 0 Å². The summed E-state index contributed by atoms with van der Waals surface area (Å²) in [6, 6.07) is 10.1. The van der Waals surface area contributed by atoms with Crippen LogP contribution in [0.4, 0.5) is 4.79 Å². The van der Waals surface area contributed by atoms with E-state index in [0.29, 0.717) is 24.3 Å². The molecule has 0 aromatic heterocycles. The van der Waals surface area contributed by atoms with Gasteiger partial charge in [-0.15, -0.1) is 0 Å². The molecule has 6 heteroatoms. The molecule has 1 aliphatic heterocycles. The van der Waals surface area contributed by atoms with E-state index in [9.17, 15) is 9.59 Å². The number of rotatable bonds is 5. The summed E-state index contributed by atoms with van der Waals surface area (Å²) in [4.78, 5) is 26.6. The van der Waals surface area contributed by atoms with Gasteiger partial charge in [0.15, 0.2) is 0 Å². The van der Waals surface area contributed by atoms with Gasteiger partial charge < -0.3 is 11.1 Å². The van der Waals surface area contributed by atoms with Crippen molar-refractivity contribution in [3.63, 3.8) is 0 Å². The topological polar surface area (TPSA) is 87.5 Å². The molecule has 4 atom stereocenters. The molecule has 1 saturated carbocycles. The predicted molar refractivity (Wildman–Crippen MR) is 106 cm³/mol. The number of hydrogen-bond donors (Lipinski definition) is 3. The van der Waals surface area contributed by atoms with Crippen molar-refractivity contribution in [2.75, 3.05) is 26.2 Å². The lowest BCUT2D eigenvalue weighted by Gasteiger charge is -2.29. The molecule has 3 rings (SSSR count). The Morgan fingerprint density at radius 2 is 1.89 bits per heavy atom. The van der Waals surface area contributed by atoms with Crippen LogP contribution in [0.15, 0.2) is 30.3 Å². The molecule has 148 valence electrons. The Bertz CT molecular complexity index is 636. The number of benzene rings is 1. The van der Waals surface area contributed by atoms with Crippen LogP contribution in [0.25, 0.3) is 0 Å². The number of likely N-dealkylation sites (tertiary alicyclic amines) is 1. The zero-order valence-corrected chi connectivity index (χ0v) is 16.2. The molecule has 1 aliphatic carbocycles. The van der Waals surface area contributed by atoms with Crippen LogP contribution < -0.4 is 16.4 Å². The molecule has 27 heavy (non-hydrogen) atoms. The fourth-order valence-corrected chi connectivity index (χ4v) is 4.51. The highest BCUT2D eigenvalue weighted by molar-refractivity contribution is 5.95. The number of hydrogen-bond acceptors (Lipinski definition) is 4. The first-order valence-electron chi connectivity index (χ1n) is 10.1. The summed E-state index contributed by atoms with van der Waals surface area (Å²) in [7, 11) is 0. The van der Waals surface area contributed by atoms with Gasteiger partial charge >= 0.3 is 6.03 Å². The minimum atomic E-state index is -0.368. The van der Waals surface area contributed by atoms with Crippen molar-refractivity contribution in [2.24, 2.45) is 17.6 Å². The lowest BCUT2D eigenvalue weighted by atomic mass is 9.86. The highest BCUT2D eigenvalue weighted by Gasteiger charge is 2.33. The van der Waals surface area contributed by atoms with Gasteiger partial charge in [-0.25, -0.2) is 4.79 Å². The Labute approximate surface area is 161 Å². The van der Waals surface area contributed by atoms with Gasteiger partial charge in [0.05, 0.1) is 6.54 Å². The molecule has 0 radical (unpaired) electrons. The molecule has 1 aromatic rings. The summed E-state index contributed by atoms with van der Waals surface area (Å²) in [5.74, 6) is 0.883. The molecule has 6 nitrogen and oxygen atoms in total. The Balaban J connectivity index is 1.48. The van der Waals surface area contributed by atoms with E-state index in [0.717, 1.165) is 32.4 Å². The normalized spacial score (nSPS) is 28.7. The van der Waals surface area contributed by atoms with Crippen molar-refractivity contribution in [3.05, 3.63) is 35.9 Å². The van der Waals surface area contributed by atoms with E-state index in [1.165, 1.54) is 12.0 Å². The number of urea groups is 1. The quantitative estimate of drug-likeness (QED) is 0.738. The number of nitrogens with two attached hydrogens (primary N) is 1. The maximum absolute atomic E-state index is 12.3. The van der Waals surface area contributed by atoms with Crippen LogP contribution in [0, 0.1) is 11.8 Å². The second-order valence-electron chi connectivity index (χ2n) is 8.10. The SMILES string of the molecule is CC1CCCCC1NC(=O)NC(=O)CN1C[C@@H](CN)[C@H](c2ccccc2)C1. The van der Waals surface area contributed by atoms with Gasteiger partial charge in [0.2, 0.25) is 5.91 Å². The van der Waals surface area contributed by atoms with E-state index in [-0.39, 0.29) is 24.5 Å². The van der Waals surface area contributed by atoms with Crippen LogP contribution in [0.2, 0.25) is 0 Å². The number of carbonyl (C=O) groups is 2. The maximum atomic E-state index is 12.3. The van der Waals surface area contributed by atoms with Crippen LogP contribution >= 0.6 is 0 Å². The largest absolute Gasteiger partial charge is 0.335 e. The summed E-state index contributed by atoms with van der Waals surface area (Å²) in [5.41, 5.74) is 7.22. The number of carbonyl (C=O) groups excluding carboxylic acids is 2. The highest BCUT2D eigenvalue weighted by Crippen LogP contribution is 2.31. The monoisotopic (exact) mass is 372 g/mol. The van der Waals surface area contributed by atoms with Crippen molar-refractivity contribution in [2.45, 2.75) is 44.6 Å². The Morgan fingerprint density at radius 3 is 2.59 bits per heavy atom. The van der Waals surface area contributed by atoms with Gasteiger partial charge in [0, 0.05) is 25.0 Å². The lowest BCUT2D eigenvalue weighted by Crippen LogP contribution is -2.49. The summed E-state index contributed by atoms with van der Waals surface area (Å²) in [6.45, 7) is 4.56. The zero-order chi connectivity index (χ0) is 19.2. The summed E-state index contributed by atoms with van der Waals surface area (Å²) >= 11 is 0. The Kier molecular flexibility index (Phi) is 6.85. The van der Waals surface area contributed by atoms with E-state index in [1.807, 2.05) is 18.2 Å². The first-order valence-corrected chi connectivity index (χ1v) is 10.1. The molecule has 1 saturated heterocycles. The van der Waals surface area contributed by atoms with Gasteiger partial charge in [-0.3, -0.25) is 15.0 Å². The van der Waals surface area contributed by atoms with Crippen molar-refractivity contribution >= 4 is 11.9 Å². The number of nitrogens with one attached hydrogen (secondary N) is 2. The second-order valence-corrected chi connectivity index (χ2v) is 8.10. The first-order chi connectivity index (χ1) is 13.1. The first kappa shape index (κ1) is 19.8. The molecule has 2 aliphatic rings. The molecule has 0 spiro atoms. The fourth-order valence-electron chi connectivity index (χ4n) is 4.51. The third kappa shape index (κ3) is 5.30. The number of amides is 3. The van der Waals surface area contributed by atoms with Gasteiger partial charge in [-0.1, -0.05) is 50.1 Å². The van der Waals surface area contributed by atoms with Crippen molar-refractivity contribution in [1.82, 2.24) is 15.5 Å². The molecule has 2 fully saturated rings. The van der Waals surface area contributed by atoms with Crippen LogP contribution in [-0.2, 0) is 4.79 Å². The van der Waals surface area contributed by atoms with Crippen LogP contribution in [0.5, 0.6) is 0 Å². The summed E-state index contributed by atoms with van der Waals surface area (Å²) in [5, 5.41) is 5.47. The second kappa shape index (κ2) is 9.33. The number of imide groups is 1. The molecule has 2 unspecified atom stereocenters. The van der Waals surface area contributed by atoms with Gasteiger partial charge in [0.25, 0.3) is 0 Å². The molecule has 1 heterocycles. The third-order valence-electron chi connectivity index (χ3n) is 6.10. The minimum Gasteiger partial charge on any atom is -0.335 e. The summed E-state index contributed by atoms with van der Waals surface area (Å²) < 4.78 is 0. The predicted octanol–water partition coefficient (Wildman–Crippen LogP) is 2.07. The molecule has 0 bridgehead atoms. The average Bonchev–Trinajstić information content (AvgIpc) is 3.07. The molecular formula is C21H32N4O2. The third-order valence-corrected chi connectivity index (χ3v) is 6.10. The molecule has 1 aromatic carbocycles. The van der Waals surface area contributed by atoms with Crippen LogP contribution in [0.1, 0.15) is 44.1 Å². The van der Waals surface area contributed by atoms with Crippen LogP contribution in [0.3, 0.4) is 0 Å². The van der Waals surface area contributed by atoms with E-state index < -0.39 is 0 Å². The van der Waals surface area contributed by atoms with Crippen molar-refractivity contribution < 1.29 is 9.59 Å². The average molecular weight is 373 g/mol. The summed E-state index contributed by atoms with van der Waals surface area (Å²) in [6.07, 6.45) is 4.48. The van der Waals surface area contributed by atoms with Gasteiger partial charge in [-0.2, -0.15) is 0 Å². The molecular weight excluding hydrogens is 340 g/mol. The maximum Gasteiger partial charge on any atom is 0.321 e.